The molecule has 2 aliphatic rings. The predicted octanol–water partition coefficient (Wildman–Crippen LogP) is 1.01. The molecule has 0 bridgehead atoms. The third-order valence-corrected chi connectivity index (χ3v) is 3.87. The lowest BCUT2D eigenvalue weighted by Gasteiger charge is -2.25. The molecule has 90 valence electrons. The van der Waals surface area contributed by atoms with Crippen molar-refractivity contribution >= 4 is 5.91 Å². The summed E-state index contributed by atoms with van der Waals surface area (Å²) in [7, 11) is 0. The number of rotatable bonds is 2. The van der Waals surface area contributed by atoms with Crippen molar-refractivity contribution in [3.8, 4) is 0 Å². The van der Waals surface area contributed by atoms with E-state index in [1.165, 1.54) is 11.1 Å². The smallest absolute Gasteiger partial charge is 0.224 e. The second kappa shape index (κ2) is 4.15. The Balaban J connectivity index is 1.62. The van der Waals surface area contributed by atoms with Gasteiger partial charge in [0.2, 0.25) is 5.91 Å². The van der Waals surface area contributed by atoms with Crippen LogP contribution in [0.4, 0.5) is 0 Å². The van der Waals surface area contributed by atoms with E-state index in [2.05, 4.69) is 29.6 Å². The molecule has 0 heterocycles. The molecule has 2 aliphatic carbocycles. The Kier molecular flexibility index (Phi) is 2.63. The van der Waals surface area contributed by atoms with Crippen LogP contribution in [0.2, 0.25) is 0 Å². The van der Waals surface area contributed by atoms with Gasteiger partial charge in [0.05, 0.1) is 5.92 Å². The van der Waals surface area contributed by atoms with Gasteiger partial charge in [-0.05, 0) is 36.8 Å². The second-order valence-corrected chi connectivity index (χ2v) is 5.22. The highest BCUT2D eigenvalue weighted by Gasteiger charge is 2.40. The van der Waals surface area contributed by atoms with Crippen molar-refractivity contribution in [2.24, 2.45) is 11.7 Å². The number of carbonyl (C=O) groups excluding carboxylic acids is 1. The first-order chi connectivity index (χ1) is 8.24. The molecule has 1 aromatic carbocycles. The monoisotopic (exact) mass is 230 g/mol. The van der Waals surface area contributed by atoms with Gasteiger partial charge in [-0.15, -0.1) is 0 Å². The molecule has 17 heavy (non-hydrogen) atoms. The molecule has 0 aromatic heterocycles. The van der Waals surface area contributed by atoms with Crippen LogP contribution in [0.5, 0.6) is 0 Å². The SMILES string of the molecule is NC1CC1C(=O)NC1CCc2ccccc2C1. The summed E-state index contributed by atoms with van der Waals surface area (Å²) in [6.45, 7) is 0. The van der Waals surface area contributed by atoms with Crippen LogP contribution >= 0.6 is 0 Å². The van der Waals surface area contributed by atoms with Crippen LogP contribution in [0.1, 0.15) is 24.0 Å². The van der Waals surface area contributed by atoms with E-state index in [9.17, 15) is 4.79 Å². The van der Waals surface area contributed by atoms with Gasteiger partial charge in [0.15, 0.2) is 0 Å². The van der Waals surface area contributed by atoms with E-state index in [1.54, 1.807) is 0 Å². The van der Waals surface area contributed by atoms with E-state index in [0.29, 0.717) is 6.04 Å². The lowest BCUT2D eigenvalue weighted by Crippen LogP contribution is -2.40. The van der Waals surface area contributed by atoms with Crippen LogP contribution in [0.25, 0.3) is 0 Å². The summed E-state index contributed by atoms with van der Waals surface area (Å²) in [5, 5.41) is 3.13. The van der Waals surface area contributed by atoms with Crippen LogP contribution in [-0.2, 0) is 17.6 Å². The van der Waals surface area contributed by atoms with Crippen molar-refractivity contribution in [3.05, 3.63) is 35.4 Å². The normalized spacial score (nSPS) is 30.5. The first-order valence-electron chi connectivity index (χ1n) is 6.37. The third kappa shape index (κ3) is 2.20. The topological polar surface area (TPSA) is 55.1 Å². The third-order valence-electron chi connectivity index (χ3n) is 3.87. The Hall–Kier alpha value is -1.35. The Morgan fingerprint density at radius 3 is 2.71 bits per heavy atom. The van der Waals surface area contributed by atoms with Crippen LogP contribution in [-0.4, -0.2) is 18.0 Å². The summed E-state index contributed by atoms with van der Waals surface area (Å²) in [6.07, 6.45) is 3.93. The Morgan fingerprint density at radius 2 is 2.00 bits per heavy atom. The van der Waals surface area contributed by atoms with Crippen molar-refractivity contribution in [2.75, 3.05) is 0 Å². The van der Waals surface area contributed by atoms with Gasteiger partial charge in [-0.2, -0.15) is 0 Å². The summed E-state index contributed by atoms with van der Waals surface area (Å²) in [6, 6.07) is 8.90. The van der Waals surface area contributed by atoms with Crippen molar-refractivity contribution in [2.45, 2.75) is 37.8 Å². The van der Waals surface area contributed by atoms with Crippen LogP contribution in [0.3, 0.4) is 0 Å². The number of nitrogens with two attached hydrogens (primary N) is 1. The molecule has 0 saturated heterocycles. The van der Waals surface area contributed by atoms with Crippen LogP contribution < -0.4 is 11.1 Å². The van der Waals surface area contributed by atoms with Crippen molar-refractivity contribution in [1.29, 1.82) is 0 Å². The van der Waals surface area contributed by atoms with E-state index in [-0.39, 0.29) is 17.9 Å². The quantitative estimate of drug-likeness (QED) is 0.796. The van der Waals surface area contributed by atoms with E-state index in [1.807, 2.05) is 0 Å². The van der Waals surface area contributed by atoms with E-state index in [4.69, 9.17) is 5.73 Å². The van der Waals surface area contributed by atoms with Gasteiger partial charge in [0, 0.05) is 12.1 Å². The number of amides is 1. The molecule has 3 N–H and O–H groups in total. The highest BCUT2D eigenvalue weighted by Crippen LogP contribution is 2.28. The summed E-state index contributed by atoms with van der Waals surface area (Å²) in [4.78, 5) is 11.8. The maximum atomic E-state index is 11.8. The van der Waals surface area contributed by atoms with Gasteiger partial charge in [-0.3, -0.25) is 4.79 Å². The molecule has 3 nitrogen and oxygen atoms in total. The molecule has 3 atom stereocenters. The molecule has 3 unspecified atom stereocenters. The molecule has 0 aliphatic heterocycles. The van der Waals surface area contributed by atoms with E-state index < -0.39 is 0 Å². The highest BCUT2D eigenvalue weighted by atomic mass is 16.2. The van der Waals surface area contributed by atoms with Crippen molar-refractivity contribution < 1.29 is 4.79 Å². The Bertz CT molecular complexity index is 444. The first kappa shape index (κ1) is 10.8. The zero-order valence-corrected chi connectivity index (χ0v) is 9.86. The zero-order chi connectivity index (χ0) is 11.8. The molecule has 3 rings (SSSR count). The van der Waals surface area contributed by atoms with Gasteiger partial charge in [0.25, 0.3) is 0 Å². The number of fused-ring (bicyclic) bond motifs is 1. The zero-order valence-electron chi connectivity index (χ0n) is 9.86. The molecule has 0 spiro atoms. The van der Waals surface area contributed by atoms with Gasteiger partial charge in [-0.25, -0.2) is 0 Å². The fourth-order valence-electron chi connectivity index (χ4n) is 2.65. The fraction of sp³-hybridized carbons (Fsp3) is 0.500. The molecule has 1 amide bonds. The first-order valence-corrected chi connectivity index (χ1v) is 6.37. The number of hydrogen-bond acceptors (Lipinski definition) is 2. The lowest BCUT2D eigenvalue weighted by molar-refractivity contribution is -0.123. The molecule has 3 heteroatoms. The maximum absolute atomic E-state index is 11.8. The van der Waals surface area contributed by atoms with Crippen molar-refractivity contribution in [3.63, 3.8) is 0 Å². The maximum Gasteiger partial charge on any atom is 0.224 e. The summed E-state index contributed by atoms with van der Waals surface area (Å²) >= 11 is 0. The van der Waals surface area contributed by atoms with Crippen LogP contribution in [0.15, 0.2) is 24.3 Å². The average molecular weight is 230 g/mol. The van der Waals surface area contributed by atoms with E-state index in [0.717, 1.165) is 25.7 Å². The molecule has 1 fully saturated rings. The number of benzene rings is 1. The van der Waals surface area contributed by atoms with Crippen LogP contribution in [0, 0.1) is 5.92 Å². The standard InChI is InChI=1S/C14H18N2O/c15-13-8-12(13)14(17)16-11-6-5-9-3-1-2-4-10(9)7-11/h1-4,11-13H,5-8,15H2,(H,16,17). The minimum Gasteiger partial charge on any atom is -0.353 e. The highest BCUT2D eigenvalue weighted by molar-refractivity contribution is 5.82. The largest absolute Gasteiger partial charge is 0.353 e. The molecule has 1 saturated carbocycles. The van der Waals surface area contributed by atoms with E-state index >= 15 is 0 Å². The summed E-state index contributed by atoms with van der Waals surface area (Å²) < 4.78 is 0. The second-order valence-electron chi connectivity index (χ2n) is 5.22. The number of hydrogen-bond donors (Lipinski definition) is 2. The summed E-state index contributed by atoms with van der Waals surface area (Å²) in [5.74, 6) is 0.231. The number of carbonyl (C=O) groups is 1. The minimum atomic E-state index is 0.0761. The summed E-state index contributed by atoms with van der Waals surface area (Å²) in [5.41, 5.74) is 8.50. The fourth-order valence-corrected chi connectivity index (χ4v) is 2.65. The van der Waals surface area contributed by atoms with Crippen molar-refractivity contribution in [1.82, 2.24) is 5.32 Å². The minimum absolute atomic E-state index is 0.0761. The Labute approximate surface area is 101 Å². The van der Waals surface area contributed by atoms with Gasteiger partial charge >= 0.3 is 0 Å². The Morgan fingerprint density at radius 1 is 1.29 bits per heavy atom. The average Bonchev–Trinajstić information content (AvgIpc) is 3.06. The predicted molar refractivity (Wildman–Crippen MR) is 66.5 cm³/mol. The van der Waals surface area contributed by atoms with Gasteiger partial charge in [-0.1, -0.05) is 24.3 Å². The molecule has 1 aromatic rings. The van der Waals surface area contributed by atoms with Gasteiger partial charge in [0.1, 0.15) is 0 Å². The lowest BCUT2D eigenvalue weighted by atomic mass is 9.88. The molecule has 0 radical (unpaired) electrons. The number of aryl methyl sites for hydroxylation is 1. The number of nitrogens with one attached hydrogen (secondary N) is 1. The molecular weight excluding hydrogens is 212 g/mol. The van der Waals surface area contributed by atoms with Gasteiger partial charge < -0.3 is 11.1 Å². The molecular formula is C14H18N2O.